The van der Waals surface area contributed by atoms with Crippen molar-refractivity contribution in [3.8, 4) is 10.6 Å². The third-order valence-corrected chi connectivity index (χ3v) is 2.78. The van der Waals surface area contributed by atoms with E-state index in [1.807, 2.05) is 19.1 Å². The Balaban J connectivity index is 2.51. The lowest BCUT2D eigenvalue weighted by Gasteiger charge is -1.89. The van der Waals surface area contributed by atoms with Crippen molar-refractivity contribution in [1.82, 2.24) is 10.2 Å². The average molecular weight is 192 g/mol. The van der Waals surface area contributed by atoms with Gasteiger partial charge in [0.25, 0.3) is 0 Å². The zero-order valence-corrected chi connectivity index (χ0v) is 7.89. The molecule has 2 aromatic rings. The van der Waals surface area contributed by atoms with Crippen molar-refractivity contribution in [3.05, 3.63) is 28.8 Å². The van der Waals surface area contributed by atoms with Crippen LogP contribution in [0.1, 0.15) is 15.2 Å². The Labute approximate surface area is 79.4 Å². The Hall–Kier alpha value is -1.42. The molecule has 0 saturated heterocycles. The van der Waals surface area contributed by atoms with Crippen molar-refractivity contribution in [1.29, 1.82) is 0 Å². The summed E-state index contributed by atoms with van der Waals surface area (Å²) in [6.07, 6.45) is 2.42. The van der Waals surface area contributed by atoms with E-state index < -0.39 is 0 Å². The molecule has 13 heavy (non-hydrogen) atoms. The lowest BCUT2D eigenvalue weighted by atomic mass is 10.2. The molecule has 0 amide bonds. The van der Waals surface area contributed by atoms with E-state index in [-0.39, 0.29) is 0 Å². The average Bonchev–Trinajstić information content (AvgIpc) is 2.71. The SMILES string of the molecule is Cc1ccc(-c2n[nH]cc2C=O)s1. The number of thiophene rings is 1. The molecule has 0 aromatic carbocycles. The smallest absolute Gasteiger partial charge is 0.153 e. The predicted octanol–water partition coefficient (Wildman–Crippen LogP) is 2.26. The van der Waals surface area contributed by atoms with Crippen LogP contribution in [0.3, 0.4) is 0 Å². The molecule has 0 fully saturated rings. The maximum Gasteiger partial charge on any atom is 0.153 e. The van der Waals surface area contributed by atoms with Gasteiger partial charge in [-0.3, -0.25) is 9.89 Å². The molecule has 0 radical (unpaired) electrons. The fourth-order valence-corrected chi connectivity index (χ4v) is 2.03. The van der Waals surface area contributed by atoms with Crippen molar-refractivity contribution in [2.45, 2.75) is 6.92 Å². The number of aromatic amines is 1. The minimum atomic E-state index is 0.613. The van der Waals surface area contributed by atoms with E-state index >= 15 is 0 Å². The number of nitrogens with zero attached hydrogens (tertiary/aromatic N) is 1. The normalized spacial score (nSPS) is 10.2. The second-order valence-corrected chi connectivity index (χ2v) is 4.01. The zero-order chi connectivity index (χ0) is 9.26. The first-order chi connectivity index (χ1) is 6.31. The molecule has 0 aliphatic heterocycles. The van der Waals surface area contributed by atoms with Gasteiger partial charge in [-0.25, -0.2) is 0 Å². The molecular formula is C9H8N2OS. The first kappa shape index (κ1) is 8.19. The molecule has 0 aliphatic carbocycles. The Kier molecular flexibility index (Phi) is 1.98. The van der Waals surface area contributed by atoms with Gasteiger partial charge in [0.2, 0.25) is 0 Å². The molecule has 3 nitrogen and oxygen atoms in total. The van der Waals surface area contributed by atoms with Crippen molar-refractivity contribution >= 4 is 17.6 Å². The van der Waals surface area contributed by atoms with Gasteiger partial charge in [-0.1, -0.05) is 0 Å². The molecule has 2 rings (SSSR count). The summed E-state index contributed by atoms with van der Waals surface area (Å²) in [6.45, 7) is 2.03. The summed E-state index contributed by atoms with van der Waals surface area (Å²) in [5, 5.41) is 6.71. The van der Waals surface area contributed by atoms with Gasteiger partial charge in [0.05, 0.1) is 10.4 Å². The molecule has 4 heteroatoms. The second-order valence-electron chi connectivity index (χ2n) is 2.72. The van der Waals surface area contributed by atoms with E-state index in [1.165, 1.54) is 4.88 Å². The van der Waals surface area contributed by atoms with Gasteiger partial charge in [-0.2, -0.15) is 5.10 Å². The summed E-state index contributed by atoms with van der Waals surface area (Å²) in [4.78, 5) is 12.9. The summed E-state index contributed by atoms with van der Waals surface area (Å²) in [6, 6.07) is 3.99. The van der Waals surface area contributed by atoms with Gasteiger partial charge in [-0.15, -0.1) is 11.3 Å². The molecule has 66 valence electrons. The lowest BCUT2D eigenvalue weighted by molar-refractivity contribution is 0.112. The van der Waals surface area contributed by atoms with Crippen LogP contribution < -0.4 is 0 Å². The van der Waals surface area contributed by atoms with E-state index in [0.717, 1.165) is 16.9 Å². The number of carbonyl (C=O) groups excluding carboxylic acids is 1. The summed E-state index contributed by atoms with van der Waals surface area (Å²) < 4.78 is 0. The summed E-state index contributed by atoms with van der Waals surface area (Å²) in [7, 11) is 0. The van der Waals surface area contributed by atoms with Crippen LogP contribution in [0.4, 0.5) is 0 Å². The van der Waals surface area contributed by atoms with E-state index in [1.54, 1.807) is 17.5 Å². The lowest BCUT2D eigenvalue weighted by Crippen LogP contribution is -1.79. The highest BCUT2D eigenvalue weighted by Gasteiger charge is 2.08. The first-order valence-electron chi connectivity index (χ1n) is 3.87. The maximum absolute atomic E-state index is 10.6. The van der Waals surface area contributed by atoms with Crippen LogP contribution in [0, 0.1) is 6.92 Å². The third kappa shape index (κ3) is 1.40. The number of nitrogens with one attached hydrogen (secondary N) is 1. The Morgan fingerprint density at radius 3 is 3.00 bits per heavy atom. The molecule has 0 saturated carbocycles. The van der Waals surface area contributed by atoms with Crippen LogP contribution in [0.2, 0.25) is 0 Å². The van der Waals surface area contributed by atoms with Gasteiger partial charge in [0.15, 0.2) is 6.29 Å². The number of aromatic nitrogens is 2. The van der Waals surface area contributed by atoms with Crippen LogP contribution in [-0.4, -0.2) is 16.5 Å². The summed E-state index contributed by atoms with van der Waals surface area (Å²) in [5.74, 6) is 0. The van der Waals surface area contributed by atoms with Crippen LogP contribution in [0.25, 0.3) is 10.6 Å². The number of hydrogen-bond donors (Lipinski definition) is 1. The van der Waals surface area contributed by atoms with Gasteiger partial charge >= 0.3 is 0 Å². The van der Waals surface area contributed by atoms with E-state index in [4.69, 9.17) is 0 Å². The summed E-state index contributed by atoms with van der Waals surface area (Å²) >= 11 is 1.63. The van der Waals surface area contributed by atoms with E-state index in [0.29, 0.717) is 5.56 Å². The van der Waals surface area contributed by atoms with Crippen LogP contribution in [-0.2, 0) is 0 Å². The molecule has 0 spiro atoms. The van der Waals surface area contributed by atoms with Crippen LogP contribution >= 0.6 is 11.3 Å². The Morgan fingerprint density at radius 1 is 1.54 bits per heavy atom. The highest BCUT2D eigenvalue weighted by Crippen LogP contribution is 2.27. The quantitative estimate of drug-likeness (QED) is 0.742. The number of carbonyl (C=O) groups is 1. The van der Waals surface area contributed by atoms with E-state index in [9.17, 15) is 4.79 Å². The highest BCUT2D eigenvalue weighted by atomic mass is 32.1. The minimum absolute atomic E-state index is 0.613. The topological polar surface area (TPSA) is 45.8 Å². The van der Waals surface area contributed by atoms with Gasteiger partial charge in [0.1, 0.15) is 5.69 Å². The van der Waals surface area contributed by atoms with Crippen LogP contribution in [0.5, 0.6) is 0 Å². The number of hydrogen-bond acceptors (Lipinski definition) is 3. The fourth-order valence-electron chi connectivity index (χ4n) is 1.15. The van der Waals surface area contributed by atoms with Crippen LogP contribution in [0.15, 0.2) is 18.3 Å². The highest BCUT2D eigenvalue weighted by molar-refractivity contribution is 7.15. The molecule has 0 bridgehead atoms. The zero-order valence-electron chi connectivity index (χ0n) is 7.07. The molecular weight excluding hydrogens is 184 g/mol. The Bertz CT molecular complexity index is 430. The van der Waals surface area contributed by atoms with Gasteiger partial charge in [0, 0.05) is 11.1 Å². The fraction of sp³-hybridized carbons (Fsp3) is 0.111. The Morgan fingerprint density at radius 2 is 2.38 bits per heavy atom. The van der Waals surface area contributed by atoms with Crippen molar-refractivity contribution in [2.75, 3.05) is 0 Å². The number of aryl methyl sites for hydroxylation is 1. The maximum atomic E-state index is 10.6. The molecule has 1 N–H and O–H groups in total. The number of rotatable bonds is 2. The molecule has 0 aliphatic rings. The summed E-state index contributed by atoms with van der Waals surface area (Å²) in [5.41, 5.74) is 1.36. The number of H-pyrrole nitrogens is 1. The van der Waals surface area contributed by atoms with Crippen molar-refractivity contribution in [3.63, 3.8) is 0 Å². The predicted molar refractivity (Wildman–Crippen MR) is 52.0 cm³/mol. The second kappa shape index (κ2) is 3.14. The first-order valence-corrected chi connectivity index (χ1v) is 4.68. The number of aldehydes is 1. The third-order valence-electron chi connectivity index (χ3n) is 1.77. The van der Waals surface area contributed by atoms with E-state index in [2.05, 4.69) is 10.2 Å². The monoisotopic (exact) mass is 192 g/mol. The standard InChI is InChI=1S/C9H8N2OS/c1-6-2-3-8(13-6)9-7(5-12)4-10-11-9/h2-5H,1H3,(H,10,11). The molecule has 2 heterocycles. The molecule has 2 aromatic heterocycles. The van der Waals surface area contributed by atoms with Crippen molar-refractivity contribution < 1.29 is 4.79 Å². The van der Waals surface area contributed by atoms with Gasteiger partial charge in [-0.05, 0) is 19.1 Å². The largest absolute Gasteiger partial charge is 0.298 e. The molecule has 0 atom stereocenters. The van der Waals surface area contributed by atoms with Crippen molar-refractivity contribution in [2.24, 2.45) is 0 Å². The molecule has 0 unspecified atom stereocenters. The van der Waals surface area contributed by atoms with Gasteiger partial charge < -0.3 is 0 Å². The minimum Gasteiger partial charge on any atom is -0.298 e.